The van der Waals surface area contributed by atoms with Gasteiger partial charge < -0.3 is 9.84 Å². The normalized spacial score (nSPS) is 10.2. The second-order valence-corrected chi connectivity index (χ2v) is 3.93. The zero-order chi connectivity index (χ0) is 12.3. The Morgan fingerprint density at radius 3 is 2.76 bits per heavy atom. The van der Waals surface area contributed by atoms with E-state index in [4.69, 9.17) is 16.3 Å². The van der Waals surface area contributed by atoms with Gasteiger partial charge in [0.05, 0.1) is 0 Å². The highest BCUT2D eigenvalue weighted by Gasteiger charge is 2.03. The molecule has 0 fully saturated rings. The van der Waals surface area contributed by atoms with E-state index < -0.39 is 0 Å². The molecule has 0 spiro atoms. The monoisotopic (exact) mass is 252 g/mol. The first kappa shape index (κ1) is 11.7. The molecule has 88 valence electrons. The Morgan fingerprint density at radius 1 is 1.18 bits per heavy atom. The number of hydrogen-bond acceptors (Lipinski definition) is 2. The molecule has 2 aromatic rings. The van der Waals surface area contributed by atoms with Gasteiger partial charge in [-0.25, -0.2) is 4.39 Å². The second kappa shape index (κ2) is 5.06. The van der Waals surface area contributed by atoms with Gasteiger partial charge in [0.25, 0.3) is 0 Å². The van der Waals surface area contributed by atoms with Gasteiger partial charge in [-0.1, -0.05) is 17.7 Å². The van der Waals surface area contributed by atoms with Crippen LogP contribution in [0, 0.1) is 5.82 Å². The summed E-state index contributed by atoms with van der Waals surface area (Å²) in [5.74, 6) is 0.266. The minimum atomic E-state index is -0.357. The Hall–Kier alpha value is -1.74. The first-order chi connectivity index (χ1) is 8.15. The number of aromatic hydroxyl groups is 1. The molecule has 2 rings (SSSR count). The van der Waals surface area contributed by atoms with Crippen molar-refractivity contribution in [2.24, 2.45) is 0 Å². The van der Waals surface area contributed by atoms with Crippen LogP contribution in [0.15, 0.2) is 42.5 Å². The average molecular weight is 253 g/mol. The van der Waals surface area contributed by atoms with Crippen molar-refractivity contribution in [2.75, 3.05) is 0 Å². The van der Waals surface area contributed by atoms with E-state index in [1.807, 2.05) is 0 Å². The highest BCUT2D eigenvalue weighted by atomic mass is 35.5. The molecule has 0 heterocycles. The molecular formula is C13H10ClFO2. The average Bonchev–Trinajstić information content (AvgIpc) is 2.30. The van der Waals surface area contributed by atoms with Gasteiger partial charge in [-0.3, -0.25) is 0 Å². The molecule has 0 aliphatic heterocycles. The molecule has 0 unspecified atom stereocenters. The maximum atomic E-state index is 13.0. The Morgan fingerprint density at radius 2 is 2.00 bits per heavy atom. The van der Waals surface area contributed by atoms with Gasteiger partial charge >= 0.3 is 0 Å². The Balaban J connectivity index is 2.09. The summed E-state index contributed by atoms with van der Waals surface area (Å²) in [6.07, 6.45) is 0. The topological polar surface area (TPSA) is 29.5 Å². The molecular weight excluding hydrogens is 243 g/mol. The van der Waals surface area contributed by atoms with Gasteiger partial charge in [0.1, 0.15) is 23.9 Å². The summed E-state index contributed by atoms with van der Waals surface area (Å²) in [7, 11) is 0. The molecule has 0 bridgehead atoms. The number of phenols is 1. The third kappa shape index (κ3) is 3.11. The second-order valence-electron chi connectivity index (χ2n) is 3.52. The van der Waals surface area contributed by atoms with Gasteiger partial charge in [-0.2, -0.15) is 0 Å². The van der Waals surface area contributed by atoms with E-state index in [1.165, 1.54) is 24.3 Å². The summed E-state index contributed by atoms with van der Waals surface area (Å²) < 4.78 is 18.4. The van der Waals surface area contributed by atoms with Crippen LogP contribution in [-0.2, 0) is 6.61 Å². The number of rotatable bonds is 3. The predicted octanol–water partition coefficient (Wildman–Crippen LogP) is 3.76. The molecule has 2 aromatic carbocycles. The maximum absolute atomic E-state index is 13.0. The SMILES string of the molecule is Oc1cccc(OCc2cc(F)ccc2Cl)c1. The van der Waals surface area contributed by atoms with Crippen molar-refractivity contribution < 1.29 is 14.2 Å². The van der Waals surface area contributed by atoms with Gasteiger partial charge in [-0.05, 0) is 30.3 Å². The zero-order valence-corrected chi connectivity index (χ0v) is 9.62. The molecule has 0 aliphatic carbocycles. The standard InChI is InChI=1S/C13H10ClFO2/c14-13-5-4-10(15)6-9(13)8-17-12-3-1-2-11(16)7-12/h1-7,16H,8H2. The first-order valence-electron chi connectivity index (χ1n) is 5.01. The maximum Gasteiger partial charge on any atom is 0.123 e. The molecule has 0 radical (unpaired) electrons. The molecule has 0 atom stereocenters. The van der Waals surface area contributed by atoms with Gasteiger partial charge in [0, 0.05) is 16.7 Å². The van der Waals surface area contributed by atoms with E-state index in [9.17, 15) is 9.50 Å². The molecule has 1 N–H and O–H groups in total. The molecule has 0 saturated heterocycles. The Kier molecular flexibility index (Phi) is 3.49. The van der Waals surface area contributed by atoms with Crippen molar-refractivity contribution in [3.8, 4) is 11.5 Å². The number of ether oxygens (including phenoxy) is 1. The summed E-state index contributed by atoms with van der Waals surface area (Å²) in [4.78, 5) is 0. The minimum absolute atomic E-state index is 0.118. The van der Waals surface area contributed by atoms with Crippen LogP contribution in [0.3, 0.4) is 0 Å². The van der Waals surface area contributed by atoms with Crippen LogP contribution in [-0.4, -0.2) is 5.11 Å². The lowest BCUT2D eigenvalue weighted by Gasteiger charge is -2.08. The summed E-state index contributed by atoms with van der Waals surface area (Å²) >= 11 is 5.90. The minimum Gasteiger partial charge on any atom is -0.508 e. The fraction of sp³-hybridized carbons (Fsp3) is 0.0769. The summed E-state index contributed by atoms with van der Waals surface area (Å²) in [6, 6.07) is 10.5. The highest BCUT2D eigenvalue weighted by molar-refractivity contribution is 6.31. The van der Waals surface area contributed by atoms with Crippen LogP contribution in [0.2, 0.25) is 5.02 Å². The number of halogens is 2. The molecule has 0 saturated carbocycles. The van der Waals surface area contributed by atoms with Crippen LogP contribution >= 0.6 is 11.6 Å². The van der Waals surface area contributed by atoms with Gasteiger partial charge in [0.15, 0.2) is 0 Å². The highest BCUT2D eigenvalue weighted by Crippen LogP contribution is 2.22. The fourth-order valence-corrected chi connectivity index (χ4v) is 1.56. The lowest BCUT2D eigenvalue weighted by atomic mass is 10.2. The number of benzene rings is 2. The van der Waals surface area contributed by atoms with Crippen LogP contribution < -0.4 is 4.74 Å². The third-order valence-electron chi connectivity index (χ3n) is 2.22. The summed E-state index contributed by atoms with van der Waals surface area (Å²) in [6.45, 7) is 0.153. The van der Waals surface area contributed by atoms with Crippen molar-refractivity contribution >= 4 is 11.6 Å². The number of phenolic OH excluding ortho intramolecular Hbond substituents is 1. The molecule has 0 aromatic heterocycles. The van der Waals surface area contributed by atoms with E-state index >= 15 is 0 Å². The zero-order valence-electron chi connectivity index (χ0n) is 8.86. The van der Waals surface area contributed by atoms with Gasteiger partial charge in [-0.15, -0.1) is 0 Å². The van der Waals surface area contributed by atoms with Crippen LogP contribution in [0.1, 0.15) is 5.56 Å². The van der Waals surface area contributed by atoms with Crippen LogP contribution in [0.25, 0.3) is 0 Å². The Bertz CT molecular complexity index is 529. The molecule has 0 aliphatic rings. The summed E-state index contributed by atoms with van der Waals surface area (Å²) in [5.41, 5.74) is 0.565. The largest absolute Gasteiger partial charge is 0.508 e. The van der Waals surface area contributed by atoms with Crippen LogP contribution in [0.5, 0.6) is 11.5 Å². The molecule has 2 nitrogen and oxygen atoms in total. The lowest BCUT2D eigenvalue weighted by molar-refractivity contribution is 0.304. The summed E-state index contributed by atoms with van der Waals surface area (Å²) in [5, 5.41) is 9.69. The van der Waals surface area contributed by atoms with Crippen molar-refractivity contribution in [1.82, 2.24) is 0 Å². The van der Waals surface area contributed by atoms with E-state index in [-0.39, 0.29) is 18.2 Å². The van der Waals surface area contributed by atoms with E-state index in [2.05, 4.69) is 0 Å². The lowest BCUT2D eigenvalue weighted by Crippen LogP contribution is -1.96. The Labute approximate surface area is 103 Å². The molecule has 0 amide bonds. The van der Waals surface area contributed by atoms with Crippen molar-refractivity contribution in [3.63, 3.8) is 0 Å². The van der Waals surface area contributed by atoms with E-state index in [0.717, 1.165) is 0 Å². The van der Waals surface area contributed by atoms with Crippen molar-refractivity contribution in [2.45, 2.75) is 6.61 Å². The quantitative estimate of drug-likeness (QED) is 0.901. The van der Waals surface area contributed by atoms with Gasteiger partial charge in [0.2, 0.25) is 0 Å². The third-order valence-corrected chi connectivity index (χ3v) is 2.59. The van der Waals surface area contributed by atoms with E-state index in [0.29, 0.717) is 16.3 Å². The first-order valence-corrected chi connectivity index (χ1v) is 5.39. The molecule has 4 heteroatoms. The van der Waals surface area contributed by atoms with Crippen LogP contribution in [0.4, 0.5) is 4.39 Å². The smallest absolute Gasteiger partial charge is 0.123 e. The van der Waals surface area contributed by atoms with E-state index in [1.54, 1.807) is 18.2 Å². The van der Waals surface area contributed by atoms with Crippen molar-refractivity contribution in [3.05, 3.63) is 58.9 Å². The van der Waals surface area contributed by atoms with Crippen molar-refractivity contribution in [1.29, 1.82) is 0 Å². The number of hydrogen-bond donors (Lipinski definition) is 1. The molecule has 17 heavy (non-hydrogen) atoms. The predicted molar refractivity (Wildman–Crippen MR) is 63.8 cm³/mol. The fourth-order valence-electron chi connectivity index (χ4n) is 1.39.